The standard InChI is InChI=1S/C10H14O2/c1-2-8-3-9(6-11)5-10(4-8)7-12/h3-5,11-12H,2,6-7H2,1H3. The molecule has 0 aliphatic heterocycles. The van der Waals surface area contributed by atoms with Crippen molar-refractivity contribution in [2.75, 3.05) is 0 Å². The van der Waals surface area contributed by atoms with Crippen LogP contribution in [0, 0.1) is 0 Å². The maximum absolute atomic E-state index is 8.90. The first kappa shape index (κ1) is 9.23. The van der Waals surface area contributed by atoms with E-state index in [1.54, 1.807) is 0 Å². The van der Waals surface area contributed by atoms with Gasteiger partial charge < -0.3 is 10.2 Å². The van der Waals surface area contributed by atoms with E-state index in [-0.39, 0.29) is 13.2 Å². The van der Waals surface area contributed by atoms with Gasteiger partial charge >= 0.3 is 0 Å². The van der Waals surface area contributed by atoms with Gasteiger partial charge in [0.2, 0.25) is 0 Å². The van der Waals surface area contributed by atoms with E-state index < -0.39 is 0 Å². The van der Waals surface area contributed by atoms with Gasteiger partial charge in [-0.1, -0.05) is 25.1 Å². The fraction of sp³-hybridized carbons (Fsp3) is 0.400. The van der Waals surface area contributed by atoms with Gasteiger partial charge in [-0.3, -0.25) is 0 Å². The summed E-state index contributed by atoms with van der Waals surface area (Å²) < 4.78 is 0. The molecule has 1 aromatic rings. The van der Waals surface area contributed by atoms with Gasteiger partial charge in [0.05, 0.1) is 13.2 Å². The van der Waals surface area contributed by atoms with Crippen molar-refractivity contribution in [3.8, 4) is 0 Å². The molecule has 0 saturated carbocycles. The van der Waals surface area contributed by atoms with Crippen LogP contribution in [0.4, 0.5) is 0 Å². The molecule has 0 atom stereocenters. The van der Waals surface area contributed by atoms with Crippen molar-refractivity contribution < 1.29 is 10.2 Å². The highest BCUT2D eigenvalue weighted by Gasteiger charge is 1.97. The topological polar surface area (TPSA) is 40.5 Å². The monoisotopic (exact) mass is 166 g/mol. The normalized spacial score (nSPS) is 10.2. The lowest BCUT2D eigenvalue weighted by Crippen LogP contribution is -1.92. The first-order valence-corrected chi connectivity index (χ1v) is 4.13. The Labute approximate surface area is 72.5 Å². The van der Waals surface area contributed by atoms with Gasteiger partial charge in [0, 0.05) is 0 Å². The third-order valence-corrected chi connectivity index (χ3v) is 1.89. The van der Waals surface area contributed by atoms with E-state index >= 15 is 0 Å². The van der Waals surface area contributed by atoms with E-state index in [1.807, 2.05) is 18.2 Å². The summed E-state index contributed by atoms with van der Waals surface area (Å²) in [5.74, 6) is 0. The molecule has 0 spiro atoms. The van der Waals surface area contributed by atoms with Crippen molar-refractivity contribution >= 4 is 0 Å². The Bertz CT molecular complexity index is 201. The largest absolute Gasteiger partial charge is 0.392 e. The summed E-state index contributed by atoms with van der Waals surface area (Å²) in [6.45, 7) is 2.14. The van der Waals surface area contributed by atoms with Crippen LogP contribution in [0.5, 0.6) is 0 Å². The van der Waals surface area contributed by atoms with Crippen molar-refractivity contribution in [3.05, 3.63) is 34.9 Å². The summed E-state index contributed by atoms with van der Waals surface area (Å²) in [6.07, 6.45) is 0.931. The third-order valence-electron chi connectivity index (χ3n) is 1.89. The van der Waals surface area contributed by atoms with Gasteiger partial charge in [0.1, 0.15) is 0 Å². The molecule has 0 aliphatic carbocycles. The minimum absolute atomic E-state index is 0.0425. The van der Waals surface area contributed by atoms with E-state index in [0.717, 1.165) is 23.1 Å². The molecule has 0 amide bonds. The van der Waals surface area contributed by atoms with Crippen LogP contribution in [0.3, 0.4) is 0 Å². The zero-order valence-electron chi connectivity index (χ0n) is 7.25. The number of benzene rings is 1. The average Bonchev–Trinajstić information content (AvgIpc) is 2.16. The molecule has 0 heterocycles. The maximum Gasteiger partial charge on any atom is 0.0682 e. The quantitative estimate of drug-likeness (QED) is 0.709. The van der Waals surface area contributed by atoms with Gasteiger partial charge in [-0.25, -0.2) is 0 Å². The van der Waals surface area contributed by atoms with E-state index in [0.29, 0.717) is 0 Å². The number of rotatable bonds is 3. The van der Waals surface area contributed by atoms with E-state index in [4.69, 9.17) is 10.2 Å². The molecule has 0 fully saturated rings. The van der Waals surface area contributed by atoms with Crippen LogP contribution in [-0.2, 0) is 19.6 Å². The highest BCUT2D eigenvalue weighted by atomic mass is 16.3. The van der Waals surface area contributed by atoms with E-state index in [9.17, 15) is 0 Å². The zero-order chi connectivity index (χ0) is 8.97. The Balaban J connectivity index is 3.01. The summed E-state index contributed by atoms with van der Waals surface area (Å²) >= 11 is 0. The van der Waals surface area contributed by atoms with E-state index in [1.165, 1.54) is 0 Å². The molecular weight excluding hydrogens is 152 g/mol. The molecule has 0 bridgehead atoms. The molecular formula is C10H14O2. The lowest BCUT2D eigenvalue weighted by Gasteiger charge is -2.04. The molecule has 12 heavy (non-hydrogen) atoms. The van der Waals surface area contributed by atoms with Crippen LogP contribution in [0.25, 0.3) is 0 Å². The third kappa shape index (κ3) is 2.06. The maximum atomic E-state index is 8.90. The van der Waals surface area contributed by atoms with Crippen molar-refractivity contribution in [2.24, 2.45) is 0 Å². The molecule has 0 unspecified atom stereocenters. The summed E-state index contributed by atoms with van der Waals surface area (Å²) in [5.41, 5.74) is 2.90. The SMILES string of the molecule is CCc1cc(CO)cc(CO)c1. The molecule has 66 valence electrons. The number of hydrogen-bond acceptors (Lipinski definition) is 2. The second kappa shape index (κ2) is 4.24. The van der Waals surface area contributed by atoms with Crippen LogP contribution in [0.15, 0.2) is 18.2 Å². The molecule has 0 saturated heterocycles. The highest BCUT2D eigenvalue weighted by Crippen LogP contribution is 2.11. The van der Waals surface area contributed by atoms with Crippen molar-refractivity contribution in [2.45, 2.75) is 26.6 Å². The van der Waals surface area contributed by atoms with Crippen LogP contribution in [0.1, 0.15) is 23.6 Å². The smallest absolute Gasteiger partial charge is 0.0682 e. The minimum atomic E-state index is 0.0425. The van der Waals surface area contributed by atoms with Crippen LogP contribution < -0.4 is 0 Å². The number of aryl methyl sites for hydroxylation is 1. The molecule has 1 rings (SSSR count). The van der Waals surface area contributed by atoms with Crippen LogP contribution in [0.2, 0.25) is 0 Å². The summed E-state index contributed by atoms with van der Waals surface area (Å²) in [4.78, 5) is 0. The lowest BCUT2D eigenvalue weighted by atomic mass is 10.0. The Kier molecular flexibility index (Phi) is 3.26. The molecule has 0 aliphatic rings. The highest BCUT2D eigenvalue weighted by molar-refractivity contribution is 5.29. The Morgan fingerprint density at radius 3 is 1.67 bits per heavy atom. The van der Waals surface area contributed by atoms with Gasteiger partial charge in [-0.05, 0) is 23.1 Å². The Morgan fingerprint density at radius 1 is 0.917 bits per heavy atom. The lowest BCUT2D eigenvalue weighted by molar-refractivity contribution is 0.275. The predicted octanol–water partition coefficient (Wildman–Crippen LogP) is 1.23. The van der Waals surface area contributed by atoms with Crippen molar-refractivity contribution in [3.63, 3.8) is 0 Å². The molecule has 0 aromatic heterocycles. The Hall–Kier alpha value is -0.860. The van der Waals surface area contributed by atoms with Gasteiger partial charge in [0.25, 0.3) is 0 Å². The van der Waals surface area contributed by atoms with E-state index in [2.05, 4.69) is 6.92 Å². The molecule has 0 radical (unpaired) electrons. The second-order valence-corrected chi connectivity index (χ2v) is 2.83. The zero-order valence-corrected chi connectivity index (χ0v) is 7.25. The first-order chi connectivity index (χ1) is 5.80. The molecule has 2 heteroatoms. The van der Waals surface area contributed by atoms with Gasteiger partial charge in [-0.2, -0.15) is 0 Å². The fourth-order valence-electron chi connectivity index (χ4n) is 1.23. The van der Waals surface area contributed by atoms with Crippen molar-refractivity contribution in [1.82, 2.24) is 0 Å². The molecule has 2 nitrogen and oxygen atoms in total. The number of hydrogen-bond donors (Lipinski definition) is 2. The second-order valence-electron chi connectivity index (χ2n) is 2.83. The minimum Gasteiger partial charge on any atom is -0.392 e. The number of aliphatic hydroxyl groups is 2. The fourth-order valence-corrected chi connectivity index (χ4v) is 1.23. The van der Waals surface area contributed by atoms with Gasteiger partial charge in [0.15, 0.2) is 0 Å². The molecule has 1 aromatic carbocycles. The summed E-state index contributed by atoms with van der Waals surface area (Å²) in [5, 5.41) is 17.8. The summed E-state index contributed by atoms with van der Waals surface area (Å²) in [7, 11) is 0. The predicted molar refractivity (Wildman–Crippen MR) is 47.7 cm³/mol. The average molecular weight is 166 g/mol. The summed E-state index contributed by atoms with van der Waals surface area (Å²) in [6, 6.07) is 5.73. The van der Waals surface area contributed by atoms with Crippen LogP contribution >= 0.6 is 0 Å². The number of aliphatic hydroxyl groups excluding tert-OH is 2. The van der Waals surface area contributed by atoms with Crippen molar-refractivity contribution in [1.29, 1.82) is 0 Å². The van der Waals surface area contributed by atoms with Gasteiger partial charge in [-0.15, -0.1) is 0 Å². The van der Waals surface area contributed by atoms with Crippen LogP contribution in [-0.4, -0.2) is 10.2 Å². The first-order valence-electron chi connectivity index (χ1n) is 4.13. The molecule has 2 N–H and O–H groups in total. The Morgan fingerprint density at radius 2 is 1.33 bits per heavy atom.